The third-order valence-corrected chi connectivity index (χ3v) is 2.85. The van der Waals surface area contributed by atoms with E-state index in [1.165, 1.54) is 0 Å². The Bertz CT molecular complexity index is 420. The van der Waals surface area contributed by atoms with E-state index in [0.29, 0.717) is 24.3 Å². The van der Waals surface area contributed by atoms with Gasteiger partial charge in [0.25, 0.3) is 0 Å². The van der Waals surface area contributed by atoms with Crippen molar-refractivity contribution in [1.82, 2.24) is 5.32 Å². The first-order valence-corrected chi connectivity index (χ1v) is 6.24. The average molecular weight is 267 g/mol. The number of carbonyl (C=O) groups is 1. The molecule has 0 fully saturated rings. The summed E-state index contributed by atoms with van der Waals surface area (Å²) in [4.78, 5) is 11.6. The van der Waals surface area contributed by atoms with Crippen molar-refractivity contribution in [3.63, 3.8) is 0 Å². The largest absolute Gasteiger partial charge is 0.497 e. The minimum atomic E-state index is -0.160. The van der Waals surface area contributed by atoms with Gasteiger partial charge in [0.2, 0.25) is 5.91 Å². The maximum absolute atomic E-state index is 11.6. The molecule has 1 rings (SSSR count). The number of hydrogen-bond acceptors (Lipinski definition) is 4. The normalized spacial score (nSPS) is 11.8. The highest BCUT2D eigenvalue weighted by Gasteiger charge is 2.14. The Kier molecular flexibility index (Phi) is 6.15. The molecule has 19 heavy (non-hydrogen) atoms. The molecule has 106 valence electrons. The maximum Gasteiger partial charge on any atom is 0.220 e. The standard InChI is InChI=1S/C14H21NO4/c1-10(15-14(17)5-4-8-16)12-7-6-11(18-2)9-13(12)19-3/h6-7,9-10,16H,4-5,8H2,1-3H3,(H,15,17). The van der Waals surface area contributed by atoms with E-state index < -0.39 is 0 Å². The van der Waals surface area contributed by atoms with Gasteiger partial charge in [-0.2, -0.15) is 0 Å². The van der Waals surface area contributed by atoms with Crippen LogP contribution in [-0.2, 0) is 4.79 Å². The number of rotatable bonds is 7. The van der Waals surface area contributed by atoms with E-state index in [9.17, 15) is 4.79 Å². The van der Waals surface area contributed by atoms with Crippen molar-refractivity contribution in [2.75, 3.05) is 20.8 Å². The van der Waals surface area contributed by atoms with Crippen molar-refractivity contribution < 1.29 is 19.4 Å². The topological polar surface area (TPSA) is 67.8 Å². The number of methoxy groups -OCH3 is 2. The van der Waals surface area contributed by atoms with E-state index in [0.717, 1.165) is 5.56 Å². The minimum Gasteiger partial charge on any atom is -0.497 e. The zero-order chi connectivity index (χ0) is 14.3. The molecule has 0 aliphatic heterocycles. The fraction of sp³-hybridized carbons (Fsp3) is 0.500. The SMILES string of the molecule is COc1ccc(C(C)NC(=O)CCCO)c(OC)c1. The van der Waals surface area contributed by atoms with E-state index in [2.05, 4.69) is 5.32 Å². The molecular formula is C14H21NO4. The summed E-state index contributed by atoms with van der Waals surface area (Å²) >= 11 is 0. The number of aliphatic hydroxyl groups is 1. The molecule has 0 aromatic heterocycles. The van der Waals surface area contributed by atoms with Gasteiger partial charge < -0.3 is 19.9 Å². The zero-order valence-corrected chi connectivity index (χ0v) is 11.6. The van der Waals surface area contributed by atoms with Crippen molar-refractivity contribution in [1.29, 1.82) is 0 Å². The molecule has 5 heteroatoms. The summed E-state index contributed by atoms with van der Waals surface area (Å²) in [5.41, 5.74) is 0.889. The molecular weight excluding hydrogens is 246 g/mol. The minimum absolute atomic E-state index is 0.0215. The molecule has 5 nitrogen and oxygen atoms in total. The van der Waals surface area contributed by atoms with Gasteiger partial charge in [-0.25, -0.2) is 0 Å². The van der Waals surface area contributed by atoms with Gasteiger partial charge in [0.05, 0.1) is 20.3 Å². The second kappa shape index (κ2) is 7.63. The highest BCUT2D eigenvalue weighted by molar-refractivity contribution is 5.76. The smallest absolute Gasteiger partial charge is 0.220 e. The quantitative estimate of drug-likeness (QED) is 0.788. The van der Waals surface area contributed by atoms with Crippen LogP contribution in [0.1, 0.15) is 31.4 Å². The average Bonchev–Trinajstić information content (AvgIpc) is 2.44. The number of amides is 1. The van der Waals surface area contributed by atoms with E-state index >= 15 is 0 Å². The van der Waals surface area contributed by atoms with Gasteiger partial charge in [0.15, 0.2) is 0 Å². The van der Waals surface area contributed by atoms with Crippen LogP contribution in [0.4, 0.5) is 0 Å². The van der Waals surface area contributed by atoms with Crippen LogP contribution < -0.4 is 14.8 Å². The number of ether oxygens (including phenoxy) is 2. The van der Waals surface area contributed by atoms with Crippen molar-refractivity contribution in [3.05, 3.63) is 23.8 Å². The predicted octanol–water partition coefficient (Wildman–Crippen LogP) is 1.65. The Balaban J connectivity index is 2.75. The fourth-order valence-electron chi connectivity index (χ4n) is 1.81. The molecule has 0 spiro atoms. The monoisotopic (exact) mass is 267 g/mol. The van der Waals surface area contributed by atoms with Crippen LogP contribution in [0.25, 0.3) is 0 Å². The van der Waals surface area contributed by atoms with Crippen molar-refractivity contribution in [2.24, 2.45) is 0 Å². The van der Waals surface area contributed by atoms with Crippen LogP contribution >= 0.6 is 0 Å². The molecule has 1 atom stereocenters. The summed E-state index contributed by atoms with van der Waals surface area (Å²) in [5.74, 6) is 1.30. The van der Waals surface area contributed by atoms with Crippen LogP contribution in [0.3, 0.4) is 0 Å². The van der Waals surface area contributed by atoms with Gasteiger partial charge in [-0.05, 0) is 25.5 Å². The zero-order valence-electron chi connectivity index (χ0n) is 11.6. The lowest BCUT2D eigenvalue weighted by atomic mass is 10.1. The molecule has 1 amide bonds. The molecule has 0 saturated carbocycles. The first kappa shape index (κ1) is 15.3. The number of benzene rings is 1. The van der Waals surface area contributed by atoms with E-state index in [1.807, 2.05) is 19.1 Å². The molecule has 0 heterocycles. The van der Waals surface area contributed by atoms with Gasteiger partial charge in [-0.3, -0.25) is 4.79 Å². The lowest BCUT2D eigenvalue weighted by Gasteiger charge is -2.18. The van der Waals surface area contributed by atoms with Crippen molar-refractivity contribution in [3.8, 4) is 11.5 Å². The Morgan fingerprint density at radius 2 is 2.11 bits per heavy atom. The highest BCUT2D eigenvalue weighted by atomic mass is 16.5. The second-order valence-electron chi connectivity index (χ2n) is 4.22. The Morgan fingerprint density at radius 3 is 2.68 bits per heavy atom. The lowest BCUT2D eigenvalue weighted by Crippen LogP contribution is -2.26. The fourth-order valence-corrected chi connectivity index (χ4v) is 1.81. The van der Waals surface area contributed by atoms with E-state index in [1.54, 1.807) is 20.3 Å². The maximum atomic E-state index is 11.6. The molecule has 0 bridgehead atoms. The Morgan fingerprint density at radius 1 is 1.37 bits per heavy atom. The first-order chi connectivity index (χ1) is 9.12. The second-order valence-corrected chi connectivity index (χ2v) is 4.22. The number of hydrogen-bond donors (Lipinski definition) is 2. The van der Waals surface area contributed by atoms with Gasteiger partial charge in [0, 0.05) is 24.7 Å². The lowest BCUT2D eigenvalue weighted by molar-refractivity contribution is -0.122. The van der Waals surface area contributed by atoms with Gasteiger partial charge >= 0.3 is 0 Å². The summed E-state index contributed by atoms with van der Waals surface area (Å²) in [6.45, 7) is 1.91. The molecule has 1 unspecified atom stereocenters. The first-order valence-electron chi connectivity index (χ1n) is 6.24. The van der Waals surface area contributed by atoms with Crippen LogP contribution in [0, 0.1) is 0 Å². The number of carbonyl (C=O) groups excluding carboxylic acids is 1. The summed E-state index contributed by atoms with van der Waals surface area (Å²) in [6, 6.07) is 5.32. The van der Waals surface area contributed by atoms with Crippen LogP contribution in [0.5, 0.6) is 11.5 Å². The molecule has 0 aliphatic carbocycles. The third-order valence-electron chi connectivity index (χ3n) is 2.85. The Labute approximate surface area is 113 Å². The van der Waals surface area contributed by atoms with Crippen molar-refractivity contribution in [2.45, 2.75) is 25.8 Å². The molecule has 2 N–H and O–H groups in total. The molecule has 1 aromatic carbocycles. The summed E-state index contributed by atoms with van der Waals surface area (Å²) < 4.78 is 10.4. The van der Waals surface area contributed by atoms with E-state index in [4.69, 9.17) is 14.6 Å². The summed E-state index contributed by atoms with van der Waals surface area (Å²) in [5, 5.41) is 11.6. The summed E-state index contributed by atoms with van der Waals surface area (Å²) in [7, 11) is 3.17. The van der Waals surface area contributed by atoms with Crippen molar-refractivity contribution >= 4 is 5.91 Å². The van der Waals surface area contributed by atoms with Gasteiger partial charge in [-0.15, -0.1) is 0 Å². The van der Waals surface area contributed by atoms with Crippen LogP contribution in [0.2, 0.25) is 0 Å². The predicted molar refractivity (Wildman–Crippen MR) is 72.4 cm³/mol. The highest BCUT2D eigenvalue weighted by Crippen LogP contribution is 2.29. The molecule has 0 radical (unpaired) electrons. The third kappa shape index (κ3) is 4.44. The number of aliphatic hydroxyl groups excluding tert-OH is 1. The molecule has 1 aromatic rings. The van der Waals surface area contributed by atoms with E-state index in [-0.39, 0.29) is 18.6 Å². The van der Waals surface area contributed by atoms with Gasteiger partial charge in [-0.1, -0.05) is 0 Å². The molecule has 0 aliphatic rings. The number of nitrogens with one attached hydrogen (secondary N) is 1. The van der Waals surface area contributed by atoms with Gasteiger partial charge in [0.1, 0.15) is 11.5 Å². The Hall–Kier alpha value is -1.75. The van der Waals surface area contributed by atoms with Crippen LogP contribution in [0.15, 0.2) is 18.2 Å². The molecule has 0 saturated heterocycles. The van der Waals surface area contributed by atoms with Crippen LogP contribution in [-0.4, -0.2) is 31.8 Å². The summed E-state index contributed by atoms with van der Waals surface area (Å²) in [6.07, 6.45) is 0.789.